The minimum atomic E-state index is -0.814. The van der Waals surface area contributed by atoms with Crippen LogP contribution in [0.5, 0.6) is 23.0 Å². The van der Waals surface area contributed by atoms with Crippen LogP contribution < -0.4 is 33.8 Å². The van der Waals surface area contributed by atoms with Crippen LogP contribution in [0.1, 0.15) is 36.6 Å². The van der Waals surface area contributed by atoms with Crippen LogP contribution in [-0.2, 0) is 16.1 Å². The number of rotatable bonds is 11. The van der Waals surface area contributed by atoms with Gasteiger partial charge in [0.1, 0.15) is 6.61 Å². The molecular formula is C33H30Cl2N2O7S. The Morgan fingerprint density at radius 2 is 1.76 bits per heavy atom. The first-order valence-electron chi connectivity index (χ1n) is 14.0. The van der Waals surface area contributed by atoms with Crippen LogP contribution in [0.2, 0.25) is 10.0 Å². The van der Waals surface area contributed by atoms with Crippen molar-refractivity contribution in [3.63, 3.8) is 0 Å². The first kappa shape index (κ1) is 32.2. The second kappa shape index (κ2) is 14.2. The highest BCUT2D eigenvalue weighted by Crippen LogP contribution is 2.38. The smallest absolute Gasteiger partial charge is 0.337 e. The summed E-state index contributed by atoms with van der Waals surface area (Å²) in [6.07, 6.45) is 3.13. The third kappa shape index (κ3) is 6.88. The fourth-order valence-corrected chi connectivity index (χ4v) is 6.34. The number of hydrogen-bond donors (Lipinski definition) is 0. The van der Waals surface area contributed by atoms with Crippen molar-refractivity contribution < 1.29 is 28.5 Å². The highest BCUT2D eigenvalue weighted by molar-refractivity contribution is 7.07. The highest BCUT2D eigenvalue weighted by Gasteiger charge is 2.31. The quantitative estimate of drug-likeness (QED) is 0.189. The standard InChI is InChI=1S/C33H30Cl2N2O7S/c1-5-42-25-11-10-21(16-26(25)43-6-2)29-23(32(39)41-4)17-36-33-37(29)31(38)28(45-33)15-20-13-24(35)30(27(14-20)40-3)44-18-19-8-7-9-22(34)12-19/h7-17,29H,5-6,18H2,1-4H3/b28-15+/t29-/m1/s1. The van der Waals surface area contributed by atoms with Gasteiger partial charge in [-0.2, -0.15) is 0 Å². The fraction of sp³-hybridized carbons (Fsp3) is 0.242. The molecule has 3 aromatic carbocycles. The molecule has 1 aliphatic rings. The van der Waals surface area contributed by atoms with E-state index in [1.54, 1.807) is 48.5 Å². The summed E-state index contributed by atoms with van der Waals surface area (Å²) in [7, 11) is 2.80. The van der Waals surface area contributed by atoms with Gasteiger partial charge in [-0.05, 0) is 73.0 Å². The summed E-state index contributed by atoms with van der Waals surface area (Å²) in [4.78, 5) is 31.7. The minimum absolute atomic E-state index is 0.203. The van der Waals surface area contributed by atoms with Crippen molar-refractivity contribution in [2.24, 2.45) is 4.99 Å². The number of thiazole rings is 1. The Kier molecular flexibility index (Phi) is 10.2. The molecule has 234 valence electrons. The molecule has 5 rings (SSSR count). The molecule has 1 atom stereocenters. The Bertz CT molecular complexity index is 1950. The lowest BCUT2D eigenvalue weighted by atomic mass is 9.97. The van der Waals surface area contributed by atoms with Gasteiger partial charge in [0.05, 0.1) is 48.6 Å². The minimum Gasteiger partial charge on any atom is -0.493 e. The van der Waals surface area contributed by atoms with Crippen molar-refractivity contribution in [1.29, 1.82) is 0 Å². The zero-order valence-corrected chi connectivity index (χ0v) is 27.3. The van der Waals surface area contributed by atoms with Gasteiger partial charge in [-0.3, -0.25) is 9.36 Å². The van der Waals surface area contributed by atoms with Crippen LogP contribution in [0.25, 0.3) is 6.08 Å². The van der Waals surface area contributed by atoms with Crippen LogP contribution in [-0.4, -0.2) is 38.0 Å². The van der Waals surface area contributed by atoms with E-state index < -0.39 is 12.0 Å². The number of halogens is 2. The summed E-state index contributed by atoms with van der Waals surface area (Å²) in [5, 5.41) is 0.906. The van der Waals surface area contributed by atoms with Gasteiger partial charge in [0.25, 0.3) is 5.56 Å². The van der Waals surface area contributed by atoms with Gasteiger partial charge in [0.2, 0.25) is 0 Å². The summed E-state index contributed by atoms with van der Waals surface area (Å²) >= 11 is 13.9. The maximum absolute atomic E-state index is 14.0. The Hall–Kier alpha value is -4.25. The molecule has 45 heavy (non-hydrogen) atoms. The molecule has 0 radical (unpaired) electrons. The third-order valence-corrected chi connectivity index (χ3v) is 8.34. The molecule has 1 aromatic heterocycles. The van der Waals surface area contributed by atoms with Crippen LogP contribution in [0.4, 0.5) is 0 Å². The summed E-state index contributed by atoms with van der Waals surface area (Å²) in [6.45, 7) is 4.83. The molecule has 0 saturated carbocycles. The van der Waals surface area contributed by atoms with Gasteiger partial charge in [0.15, 0.2) is 27.8 Å². The maximum atomic E-state index is 14.0. The number of carbonyl (C=O) groups is 1. The van der Waals surface area contributed by atoms with E-state index in [1.807, 2.05) is 26.0 Å². The monoisotopic (exact) mass is 668 g/mol. The Labute approximate surface area is 273 Å². The van der Waals surface area contributed by atoms with Crippen LogP contribution in [0.3, 0.4) is 0 Å². The molecule has 0 amide bonds. The molecule has 12 heteroatoms. The Morgan fingerprint density at radius 1 is 0.978 bits per heavy atom. The number of carbonyl (C=O) groups excluding carboxylic acids is 1. The molecule has 4 aromatic rings. The molecule has 2 heterocycles. The van der Waals surface area contributed by atoms with E-state index in [1.165, 1.54) is 36.3 Å². The molecular weight excluding hydrogens is 639 g/mol. The average molecular weight is 670 g/mol. The normalized spacial score (nSPS) is 14.2. The number of methoxy groups -OCH3 is 2. The number of aromatic nitrogens is 1. The second-order valence-electron chi connectivity index (χ2n) is 9.70. The van der Waals surface area contributed by atoms with Gasteiger partial charge >= 0.3 is 5.97 Å². The first-order chi connectivity index (χ1) is 21.8. The van der Waals surface area contributed by atoms with Gasteiger partial charge in [-0.1, -0.05) is 52.7 Å². The van der Waals surface area contributed by atoms with Gasteiger partial charge in [-0.15, -0.1) is 0 Å². The summed E-state index contributed by atoms with van der Waals surface area (Å²) in [5.74, 6) is 1.22. The van der Waals surface area contributed by atoms with Gasteiger partial charge < -0.3 is 23.7 Å². The van der Waals surface area contributed by atoms with Crippen molar-refractivity contribution in [3.05, 3.63) is 113 Å². The van der Waals surface area contributed by atoms with E-state index >= 15 is 0 Å². The molecule has 0 fully saturated rings. The van der Waals surface area contributed by atoms with E-state index in [4.69, 9.17) is 46.9 Å². The van der Waals surface area contributed by atoms with E-state index in [0.717, 1.165) is 5.56 Å². The summed E-state index contributed by atoms with van der Waals surface area (Å²) in [6, 6.07) is 15.3. The topological polar surface area (TPSA) is 97.6 Å². The van der Waals surface area contributed by atoms with E-state index in [9.17, 15) is 9.59 Å². The van der Waals surface area contributed by atoms with E-state index in [2.05, 4.69) is 4.99 Å². The van der Waals surface area contributed by atoms with Crippen molar-refractivity contribution in [2.45, 2.75) is 26.5 Å². The Balaban J connectivity index is 1.56. The largest absolute Gasteiger partial charge is 0.493 e. The second-order valence-corrected chi connectivity index (χ2v) is 11.6. The average Bonchev–Trinajstić information content (AvgIpc) is 3.35. The van der Waals surface area contributed by atoms with Gasteiger partial charge in [0, 0.05) is 11.2 Å². The van der Waals surface area contributed by atoms with Crippen molar-refractivity contribution in [3.8, 4) is 23.0 Å². The molecule has 9 nitrogen and oxygen atoms in total. The molecule has 0 aliphatic carbocycles. The van der Waals surface area contributed by atoms with E-state index in [-0.39, 0.29) is 17.7 Å². The molecule has 0 N–H and O–H groups in total. The van der Waals surface area contributed by atoms with Crippen molar-refractivity contribution in [1.82, 2.24) is 4.57 Å². The summed E-state index contributed by atoms with van der Waals surface area (Å²) in [5.41, 5.74) is 1.97. The predicted octanol–water partition coefficient (Wildman–Crippen LogP) is 5.71. The number of fused-ring (bicyclic) bond motifs is 1. The molecule has 0 saturated heterocycles. The zero-order valence-electron chi connectivity index (χ0n) is 25.0. The fourth-order valence-electron chi connectivity index (χ4n) is 4.88. The number of hydrogen-bond acceptors (Lipinski definition) is 9. The molecule has 0 bridgehead atoms. The van der Waals surface area contributed by atoms with Gasteiger partial charge in [-0.25, -0.2) is 9.79 Å². The first-order valence-corrected chi connectivity index (χ1v) is 15.6. The number of nitrogens with zero attached hydrogens (tertiary/aromatic N) is 2. The zero-order chi connectivity index (χ0) is 32.1. The van der Waals surface area contributed by atoms with Crippen molar-refractivity contribution >= 4 is 46.6 Å². The number of ether oxygens (including phenoxy) is 5. The van der Waals surface area contributed by atoms with Crippen LogP contribution in [0.15, 0.2) is 76.2 Å². The summed E-state index contributed by atoms with van der Waals surface area (Å²) < 4.78 is 30.0. The number of benzene rings is 3. The Morgan fingerprint density at radius 3 is 2.47 bits per heavy atom. The SMILES string of the molecule is CCOc1ccc([C@@H]2C(C(=O)OC)=CN=c3s/c(=C/c4cc(Cl)c(OCc5cccc(Cl)c5)c(OC)c4)c(=O)n32)cc1OCC. The lowest BCUT2D eigenvalue weighted by Gasteiger charge is -2.23. The van der Waals surface area contributed by atoms with E-state index in [0.29, 0.717) is 66.7 Å². The molecule has 1 aliphatic heterocycles. The highest BCUT2D eigenvalue weighted by atomic mass is 35.5. The lowest BCUT2D eigenvalue weighted by Crippen LogP contribution is -2.39. The van der Waals surface area contributed by atoms with Crippen molar-refractivity contribution in [2.75, 3.05) is 27.4 Å². The number of esters is 1. The predicted molar refractivity (Wildman–Crippen MR) is 174 cm³/mol. The van der Waals surface area contributed by atoms with Crippen LogP contribution in [0, 0.1) is 0 Å². The molecule has 0 unspecified atom stereocenters. The van der Waals surface area contributed by atoms with Crippen LogP contribution >= 0.6 is 34.5 Å². The molecule has 0 spiro atoms. The third-order valence-electron chi connectivity index (χ3n) is 6.83. The lowest BCUT2D eigenvalue weighted by molar-refractivity contribution is -0.136. The maximum Gasteiger partial charge on any atom is 0.337 e.